The molecule has 0 radical (unpaired) electrons. The molecule has 2 nitrogen and oxygen atoms in total. The van der Waals surface area contributed by atoms with Crippen LogP contribution in [0, 0.1) is 0 Å². The van der Waals surface area contributed by atoms with Crippen LogP contribution >= 0.6 is 0 Å². The first kappa shape index (κ1) is 7.13. The number of para-hydroxylation sites is 1. The lowest BCUT2D eigenvalue weighted by Gasteiger charge is -2.12. The molecule has 1 aliphatic rings. The molecule has 2 rings (SSSR count). The van der Waals surface area contributed by atoms with Gasteiger partial charge in [-0.1, -0.05) is 30.4 Å². The molecule has 0 saturated heterocycles. The van der Waals surface area contributed by atoms with Gasteiger partial charge in [-0.2, -0.15) is 0 Å². The van der Waals surface area contributed by atoms with Crippen LogP contribution in [0.4, 0.5) is 5.69 Å². The summed E-state index contributed by atoms with van der Waals surface area (Å²) in [5, 5.41) is 10.6. The molecule has 0 amide bonds. The summed E-state index contributed by atoms with van der Waals surface area (Å²) in [6, 6.07) is 7.68. The Morgan fingerprint density at radius 2 is 1.92 bits per heavy atom. The molecule has 1 N–H and O–H groups in total. The molecule has 0 fully saturated rings. The summed E-state index contributed by atoms with van der Waals surface area (Å²) in [4.78, 5) is 0. The topological polar surface area (TPSA) is 23.5 Å². The minimum absolute atomic E-state index is 0.808. The Morgan fingerprint density at radius 1 is 1.08 bits per heavy atom. The van der Waals surface area contributed by atoms with Crippen LogP contribution in [0.1, 0.15) is 5.56 Å². The zero-order valence-corrected chi connectivity index (χ0v) is 6.51. The molecular formula is C10H9NO. The minimum atomic E-state index is 0.808. The Hall–Kier alpha value is -1.54. The van der Waals surface area contributed by atoms with Gasteiger partial charge in [0.15, 0.2) is 0 Å². The first-order valence-electron chi connectivity index (χ1n) is 3.80. The summed E-state index contributed by atoms with van der Waals surface area (Å²) < 4.78 is 0. The second-order valence-corrected chi connectivity index (χ2v) is 2.60. The van der Waals surface area contributed by atoms with Crippen molar-refractivity contribution < 1.29 is 5.21 Å². The maximum atomic E-state index is 9.45. The second-order valence-electron chi connectivity index (χ2n) is 2.60. The first-order chi connectivity index (χ1) is 5.88. The Labute approximate surface area is 71.0 Å². The average Bonchev–Trinajstić information content (AvgIpc) is 2.29. The van der Waals surface area contributed by atoms with E-state index in [2.05, 4.69) is 0 Å². The van der Waals surface area contributed by atoms with Crippen LogP contribution < -0.4 is 5.06 Å². The molecule has 0 atom stereocenters. The fourth-order valence-electron chi connectivity index (χ4n) is 1.21. The highest BCUT2D eigenvalue weighted by Crippen LogP contribution is 2.22. The van der Waals surface area contributed by atoms with Gasteiger partial charge in [-0.05, 0) is 12.1 Å². The number of benzene rings is 1. The van der Waals surface area contributed by atoms with Crippen molar-refractivity contribution in [3.05, 3.63) is 48.2 Å². The number of rotatable bonds is 0. The average molecular weight is 159 g/mol. The van der Waals surface area contributed by atoms with E-state index in [-0.39, 0.29) is 0 Å². The van der Waals surface area contributed by atoms with E-state index in [1.807, 2.05) is 36.4 Å². The predicted molar refractivity (Wildman–Crippen MR) is 48.9 cm³/mol. The number of hydroxylamine groups is 1. The van der Waals surface area contributed by atoms with Crippen LogP contribution in [0.2, 0.25) is 0 Å². The van der Waals surface area contributed by atoms with Crippen molar-refractivity contribution in [2.24, 2.45) is 0 Å². The zero-order valence-electron chi connectivity index (χ0n) is 6.51. The lowest BCUT2D eigenvalue weighted by Crippen LogP contribution is -2.08. The number of allylic oxidation sites excluding steroid dienone is 2. The molecule has 1 aliphatic heterocycles. The van der Waals surface area contributed by atoms with Gasteiger partial charge < -0.3 is 0 Å². The van der Waals surface area contributed by atoms with Gasteiger partial charge in [0, 0.05) is 11.8 Å². The highest BCUT2D eigenvalue weighted by molar-refractivity contribution is 5.69. The Balaban J connectivity index is 2.56. The van der Waals surface area contributed by atoms with Crippen molar-refractivity contribution in [1.82, 2.24) is 0 Å². The normalized spacial score (nSPS) is 14.2. The molecule has 0 bridgehead atoms. The van der Waals surface area contributed by atoms with E-state index in [9.17, 15) is 5.21 Å². The lowest BCUT2D eigenvalue weighted by molar-refractivity contribution is 0.296. The maximum absolute atomic E-state index is 9.45. The van der Waals surface area contributed by atoms with Crippen LogP contribution in [0.15, 0.2) is 42.6 Å². The fourth-order valence-corrected chi connectivity index (χ4v) is 1.21. The van der Waals surface area contributed by atoms with E-state index >= 15 is 0 Å². The number of anilines is 1. The van der Waals surface area contributed by atoms with Gasteiger partial charge in [0.2, 0.25) is 0 Å². The third kappa shape index (κ3) is 1.12. The van der Waals surface area contributed by atoms with Crippen molar-refractivity contribution in [3.8, 4) is 0 Å². The van der Waals surface area contributed by atoms with E-state index < -0.39 is 0 Å². The molecular weight excluding hydrogens is 150 g/mol. The number of hydrogen-bond donors (Lipinski definition) is 1. The summed E-state index contributed by atoms with van der Waals surface area (Å²) in [7, 11) is 0. The molecule has 0 saturated carbocycles. The van der Waals surface area contributed by atoms with Crippen molar-refractivity contribution in [2.75, 3.05) is 5.06 Å². The quantitative estimate of drug-likeness (QED) is 0.628. The van der Waals surface area contributed by atoms with Gasteiger partial charge in [0.05, 0.1) is 5.69 Å². The van der Waals surface area contributed by atoms with Crippen molar-refractivity contribution >= 4 is 11.8 Å². The summed E-state index contributed by atoms with van der Waals surface area (Å²) >= 11 is 0. The summed E-state index contributed by atoms with van der Waals surface area (Å²) in [5.41, 5.74) is 1.83. The van der Waals surface area contributed by atoms with Crippen LogP contribution in [-0.4, -0.2) is 5.21 Å². The zero-order chi connectivity index (χ0) is 8.39. The van der Waals surface area contributed by atoms with Crippen molar-refractivity contribution in [3.63, 3.8) is 0 Å². The monoisotopic (exact) mass is 159 g/mol. The third-order valence-electron chi connectivity index (χ3n) is 1.80. The van der Waals surface area contributed by atoms with Crippen LogP contribution in [0.25, 0.3) is 6.08 Å². The highest BCUT2D eigenvalue weighted by atomic mass is 16.5. The van der Waals surface area contributed by atoms with Gasteiger partial charge >= 0.3 is 0 Å². The van der Waals surface area contributed by atoms with E-state index in [1.54, 1.807) is 12.3 Å². The maximum Gasteiger partial charge on any atom is 0.0758 e. The molecule has 0 aliphatic carbocycles. The molecule has 1 heterocycles. The Bertz CT molecular complexity index is 341. The molecule has 2 heteroatoms. The standard InChI is InChI=1S/C10H9NO/c12-11-8-4-3-6-9-5-1-2-7-10(9)11/h1-8,12H. The van der Waals surface area contributed by atoms with E-state index in [0.717, 1.165) is 16.3 Å². The molecule has 12 heavy (non-hydrogen) atoms. The molecule has 1 aromatic carbocycles. The van der Waals surface area contributed by atoms with Gasteiger partial charge in [0.1, 0.15) is 0 Å². The summed E-state index contributed by atoms with van der Waals surface area (Å²) in [5.74, 6) is 0. The van der Waals surface area contributed by atoms with Crippen molar-refractivity contribution in [2.45, 2.75) is 0 Å². The first-order valence-corrected chi connectivity index (χ1v) is 3.80. The molecule has 0 aromatic heterocycles. The second kappa shape index (κ2) is 2.83. The number of hydrogen-bond acceptors (Lipinski definition) is 2. The minimum Gasteiger partial charge on any atom is -0.284 e. The Kier molecular flexibility index (Phi) is 1.68. The molecule has 1 aromatic rings. The van der Waals surface area contributed by atoms with Crippen LogP contribution in [0.3, 0.4) is 0 Å². The number of nitrogens with zero attached hydrogens (tertiary/aromatic N) is 1. The van der Waals surface area contributed by atoms with Crippen LogP contribution in [-0.2, 0) is 0 Å². The highest BCUT2D eigenvalue weighted by Gasteiger charge is 2.04. The summed E-state index contributed by atoms with van der Waals surface area (Å²) in [6.07, 6.45) is 7.26. The lowest BCUT2D eigenvalue weighted by atomic mass is 10.2. The predicted octanol–water partition coefficient (Wildman–Crippen LogP) is 2.42. The SMILES string of the molecule is ON1C=CC=Cc2ccccc21. The fraction of sp³-hybridized carbons (Fsp3) is 0. The summed E-state index contributed by atoms with van der Waals surface area (Å²) in [6.45, 7) is 0. The van der Waals surface area contributed by atoms with Gasteiger partial charge in [-0.3, -0.25) is 5.21 Å². The smallest absolute Gasteiger partial charge is 0.0758 e. The van der Waals surface area contributed by atoms with E-state index in [4.69, 9.17) is 0 Å². The van der Waals surface area contributed by atoms with E-state index in [1.165, 1.54) is 0 Å². The van der Waals surface area contributed by atoms with Gasteiger partial charge in [-0.15, -0.1) is 0 Å². The van der Waals surface area contributed by atoms with Gasteiger partial charge in [-0.25, -0.2) is 5.06 Å². The third-order valence-corrected chi connectivity index (χ3v) is 1.80. The van der Waals surface area contributed by atoms with E-state index in [0.29, 0.717) is 0 Å². The van der Waals surface area contributed by atoms with Crippen LogP contribution in [0.5, 0.6) is 0 Å². The molecule has 0 unspecified atom stereocenters. The van der Waals surface area contributed by atoms with Gasteiger partial charge in [0.25, 0.3) is 0 Å². The van der Waals surface area contributed by atoms with Crippen molar-refractivity contribution in [1.29, 1.82) is 0 Å². The number of fused-ring (bicyclic) bond motifs is 1. The largest absolute Gasteiger partial charge is 0.284 e. The Morgan fingerprint density at radius 3 is 2.83 bits per heavy atom. The molecule has 60 valence electrons. The molecule has 0 spiro atoms.